The molecular formula is C25H21F2NO4. The van der Waals surface area contributed by atoms with Crippen LogP contribution >= 0.6 is 0 Å². The van der Waals surface area contributed by atoms with Crippen molar-refractivity contribution in [2.75, 3.05) is 7.11 Å². The standard InChI is InChI=1S/C25H21F2NO4/c1-30-20-11-12-21-18(15-31-22(21)14-20)13-23(29)28-24(16-5-3-2-4-6-16)17-7-9-19(10-8-17)32-25(26)27/h2-12,14-15,24-25H,13H2,1H3,(H,28,29). The van der Waals surface area contributed by atoms with Crippen LogP contribution in [0.2, 0.25) is 0 Å². The summed E-state index contributed by atoms with van der Waals surface area (Å²) in [5, 5.41) is 3.88. The third-order valence-corrected chi connectivity index (χ3v) is 5.09. The molecule has 32 heavy (non-hydrogen) atoms. The van der Waals surface area contributed by atoms with Crippen LogP contribution in [-0.2, 0) is 11.2 Å². The Morgan fingerprint density at radius 1 is 0.969 bits per heavy atom. The van der Waals surface area contributed by atoms with Gasteiger partial charge in [0, 0.05) is 17.0 Å². The Morgan fingerprint density at radius 2 is 1.66 bits per heavy atom. The molecule has 7 heteroatoms. The van der Waals surface area contributed by atoms with E-state index in [1.807, 2.05) is 42.5 Å². The minimum absolute atomic E-state index is 0.0576. The van der Waals surface area contributed by atoms with Gasteiger partial charge in [0.1, 0.15) is 17.1 Å². The molecule has 0 spiro atoms. The largest absolute Gasteiger partial charge is 0.497 e. The zero-order valence-corrected chi connectivity index (χ0v) is 17.3. The van der Waals surface area contributed by atoms with E-state index in [2.05, 4.69) is 10.1 Å². The number of carbonyl (C=O) groups excluding carboxylic acids is 1. The van der Waals surface area contributed by atoms with Crippen LogP contribution in [0.25, 0.3) is 11.0 Å². The maximum Gasteiger partial charge on any atom is 0.387 e. The molecule has 1 aromatic heterocycles. The molecule has 1 amide bonds. The Morgan fingerprint density at radius 3 is 2.34 bits per heavy atom. The van der Waals surface area contributed by atoms with Crippen molar-refractivity contribution in [2.45, 2.75) is 19.1 Å². The molecule has 4 aromatic rings. The fourth-order valence-corrected chi connectivity index (χ4v) is 3.56. The number of hydrogen-bond donors (Lipinski definition) is 1. The number of halogens is 2. The highest BCUT2D eigenvalue weighted by Crippen LogP contribution is 2.28. The molecular weight excluding hydrogens is 416 g/mol. The van der Waals surface area contributed by atoms with E-state index in [4.69, 9.17) is 9.15 Å². The predicted octanol–water partition coefficient (Wildman–Crippen LogP) is 5.49. The fraction of sp³-hybridized carbons (Fsp3) is 0.160. The molecule has 5 nitrogen and oxygen atoms in total. The van der Waals surface area contributed by atoms with Gasteiger partial charge < -0.3 is 19.2 Å². The maximum absolute atomic E-state index is 12.9. The summed E-state index contributed by atoms with van der Waals surface area (Å²) in [6, 6.07) is 20.7. The summed E-state index contributed by atoms with van der Waals surface area (Å²) in [6.07, 6.45) is 1.69. The summed E-state index contributed by atoms with van der Waals surface area (Å²) in [7, 11) is 1.58. The monoisotopic (exact) mass is 437 g/mol. The van der Waals surface area contributed by atoms with Gasteiger partial charge in [-0.05, 0) is 35.4 Å². The van der Waals surface area contributed by atoms with Crippen molar-refractivity contribution in [3.05, 3.63) is 95.7 Å². The van der Waals surface area contributed by atoms with Crippen LogP contribution < -0.4 is 14.8 Å². The van der Waals surface area contributed by atoms with E-state index in [1.165, 1.54) is 12.1 Å². The molecule has 1 heterocycles. The maximum atomic E-state index is 12.9. The highest BCUT2D eigenvalue weighted by Gasteiger charge is 2.19. The fourth-order valence-electron chi connectivity index (χ4n) is 3.56. The van der Waals surface area contributed by atoms with Gasteiger partial charge in [-0.1, -0.05) is 42.5 Å². The van der Waals surface area contributed by atoms with Crippen molar-refractivity contribution in [2.24, 2.45) is 0 Å². The molecule has 0 saturated carbocycles. The van der Waals surface area contributed by atoms with E-state index in [9.17, 15) is 13.6 Å². The molecule has 0 fully saturated rings. The smallest absolute Gasteiger partial charge is 0.387 e. The van der Waals surface area contributed by atoms with Gasteiger partial charge >= 0.3 is 6.61 Å². The number of ether oxygens (including phenoxy) is 2. The summed E-state index contributed by atoms with van der Waals surface area (Å²) < 4.78 is 40.1. The number of fused-ring (bicyclic) bond motifs is 1. The summed E-state index contributed by atoms with van der Waals surface area (Å²) >= 11 is 0. The van der Waals surface area contributed by atoms with Crippen LogP contribution in [-0.4, -0.2) is 19.6 Å². The van der Waals surface area contributed by atoms with Gasteiger partial charge in [0.15, 0.2) is 0 Å². The first-order valence-corrected chi connectivity index (χ1v) is 9.96. The van der Waals surface area contributed by atoms with Crippen LogP contribution in [0.5, 0.6) is 11.5 Å². The Kier molecular flexibility index (Phi) is 6.35. The second kappa shape index (κ2) is 9.51. The van der Waals surface area contributed by atoms with Crippen LogP contribution in [0.4, 0.5) is 8.78 Å². The predicted molar refractivity (Wildman–Crippen MR) is 116 cm³/mol. The van der Waals surface area contributed by atoms with E-state index in [0.29, 0.717) is 11.3 Å². The molecule has 1 N–H and O–H groups in total. The van der Waals surface area contributed by atoms with Gasteiger partial charge in [-0.15, -0.1) is 0 Å². The number of benzene rings is 3. The molecule has 0 bridgehead atoms. The molecule has 4 rings (SSSR count). The average Bonchev–Trinajstić information content (AvgIpc) is 3.20. The summed E-state index contributed by atoms with van der Waals surface area (Å²) in [5.41, 5.74) is 3.01. The zero-order valence-electron chi connectivity index (χ0n) is 17.3. The Hall–Kier alpha value is -3.87. The minimum Gasteiger partial charge on any atom is -0.497 e. The number of furan rings is 1. The number of carbonyl (C=O) groups is 1. The number of rotatable bonds is 8. The topological polar surface area (TPSA) is 60.7 Å². The molecule has 0 aliphatic rings. The van der Waals surface area contributed by atoms with E-state index >= 15 is 0 Å². The minimum atomic E-state index is -2.89. The third kappa shape index (κ3) is 4.88. The van der Waals surface area contributed by atoms with Gasteiger partial charge in [0.2, 0.25) is 5.91 Å². The Labute approximate surface area is 183 Å². The SMILES string of the molecule is COc1ccc2c(CC(=O)NC(c3ccccc3)c3ccc(OC(F)F)cc3)coc2c1. The average molecular weight is 437 g/mol. The molecule has 0 saturated heterocycles. The number of alkyl halides is 2. The van der Waals surface area contributed by atoms with Crippen molar-refractivity contribution in [3.63, 3.8) is 0 Å². The third-order valence-electron chi connectivity index (χ3n) is 5.09. The zero-order chi connectivity index (χ0) is 22.5. The normalized spacial score (nSPS) is 12.0. The number of nitrogens with one attached hydrogen (secondary N) is 1. The lowest BCUT2D eigenvalue weighted by molar-refractivity contribution is -0.120. The van der Waals surface area contributed by atoms with Gasteiger partial charge in [-0.3, -0.25) is 4.79 Å². The molecule has 164 valence electrons. The molecule has 3 aromatic carbocycles. The first-order chi connectivity index (χ1) is 15.5. The van der Waals surface area contributed by atoms with Crippen molar-refractivity contribution < 1.29 is 27.5 Å². The molecule has 0 radical (unpaired) electrons. The van der Waals surface area contributed by atoms with Crippen molar-refractivity contribution >= 4 is 16.9 Å². The Balaban J connectivity index is 1.55. The quantitative estimate of drug-likeness (QED) is 0.396. The second-order valence-corrected chi connectivity index (χ2v) is 7.16. The van der Waals surface area contributed by atoms with Crippen LogP contribution in [0.15, 0.2) is 83.5 Å². The Bertz CT molecular complexity index is 1190. The number of hydrogen-bond acceptors (Lipinski definition) is 4. The second-order valence-electron chi connectivity index (χ2n) is 7.16. The summed E-state index contributed by atoms with van der Waals surface area (Å²) in [6.45, 7) is -2.89. The van der Waals surface area contributed by atoms with Crippen molar-refractivity contribution in [1.82, 2.24) is 5.32 Å². The van der Waals surface area contributed by atoms with Crippen molar-refractivity contribution in [1.29, 1.82) is 0 Å². The molecule has 1 atom stereocenters. The number of amides is 1. The lowest BCUT2D eigenvalue weighted by Crippen LogP contribution is -2.30. The molecule has 0 aliphatic heterocycles. The van der Waals surface area contributed by atoms with Crippen LogP contribution in [0, 0.1) is 0 Å². The highest BCUT2D eigenvalue weighted by molar-refractivity contribution is 5.88. The van der Waals surface area contributed by atoms with Gasteiger partial charge in [-0.2, -0.15) is 8.78 Å². The first kappa shape index (κ1) is 21.4. The van der Waals surface area contributed by atoms with Crippen LogP contribution in [0.3, 0.4) is 0 Å². The highest BCUT2D eigenvalue weighted by atomic mass is 19.3. The van der Waals surface area contributed by atoms with Gasteiger partial charge in [-0.25, -0.2) is 0 Å². The lowest BCUT2D eigenvalue weighted by atomic mass is 9.98. The first-order valence-electron chi connectivity index (χ1n) is 9.96. The number of methoxy groups -OCH3 is 1. The summed E-state index contributed by atoms with van der Waals surface area (Å²) in [4.78, 5) is 12.9. The van der Waals surface area contributed by atoms with E-state index < -0.39 is 12.7 Å². The van der Waals surface area contributed by atoms with Crippen molar-refractivity contribution in [3.8, 4) is 11.5 Å². The molecule has 1 unspecified atom stereocenters. The van der Waals surface area contributed by atoms with E-state index in [-0.39, 0.29) is 18.1 Å². The van der Waals surface area contributed by atoms with E-state index in [0.717, 1.165) is 22.1 Å². The van der Waals surface area contributed by atoms with Gasteiger partial charge in [0.05, 0.1) is 25.8 Å². The van der Waals surface area contributed by atoms with Gasteiger partial charge in [0.25, 0.3) is 0 Å². The van der Waals surface area contributed by atoms with Crippen LogP contribution in [0.1, 0.15) is 22.7 Å². The summed E-state index contributed by atoms with van der Waals surface area (Å²) in [5.74, 6) is 0.527. The lowest BCUT2D eigenvalue weighted by Gasteiger charge is -2.20. The van der Waals surface area contributed by atoms with E-state index in [1.54, 1.807) is 31.6 Å². The molecule has 0 aliphatic carbocycles.